The van der Waals surface area contributed by atoms with E-state index in [1.54, 1.807) is 13.8 Å². The molecule has 0 spiro atoms. The summed E-state index contributed by atoms with van der Waals surface area (Å²) >= 11 is 0. The van der Waals surface area contributed by atoms with Gasteiger partial charge in [-0.05, 0) is 26.0 Å². The normalized spacial score (nSPS) is 17.2. The molecular formula is C21H20FN2O6+. The summed E-state index contributed by atoms with van der Waals surface area (Å²) in [6, 6.07) is 7.80. The predicted molar refractivity (Wildman–Crippen MR) is 107 cm³/mol. The number of allylic oxidation sites excluding steroid dienone is 1. The molecule has 2 amide bonds. The lowest BCUT2D eigenvalue weighted by Crippen LogP contribution is -2.48. The number of hydrogen-bond acceptors (Lipinski definition) is 6. The highest BCUT2D eigenvalue weighted by Gasteiger charge is 2.49. The number of amides is 2. The molecule has 0 aliphatic carbocycles. The van der Waals surface area contributed by atoms with Crippen LogP contribution in [-0.4, -0.2) is 36.3 Å². The molecule has 1 atom stereocenters. The van der Waals surface area contributed by atoms with Crippen LogP contribution in [0.1, 0.15) is 24.2 Å². The van der Waals surface area contributed by atoms with Gasteiger partial charge in [0.05, 0.1) is 13.2 Å². The second kappa shape index (κ2) is 8.34. The number of carbonyl (C=O) groups excluding carboxylic acids is 3. The van der Waals surface area contributed by atoms with Crippen molar-refractivity contribution >= 4 is 35.0 Å². The fourth-order valence-corrected chi connectivity index (χ4v) is 3.30. The van der Waals surface area contributed by atoms with Crippen LogP contribution in [-0.2, 0) is 9.47 Å². The number of ether oxygens (including phenoxy) is 2. The molecule has 0 saturated heterocycles. The molecule has 2 aromatic rings. The van der Waals surface area contributed by atoms with E-state index < -0.39 is 28.3 Å². The van der Waals surface area contributed by atoms with Crippen LogP contribution in [0.15, 0.2) is 48.7 Å². The number of benzene rings is 2. The quantitative estimate of drug-likeness (QED) is 0.708. The van der Waals surface area contributed by atoms with E-state index in [1.807, 2.05) is 0 Å². The molecule has 0 bridgehead atoms. The van der Waals surface area contributed by atoms with Gasteiger partial charge < -0.3 is 14.6 Å². The molecule has 3 rings (SSSR count). The highest BCUT2D eigenvalue weighted by Crippen LogP contribution is 2.46. The fraction of sp³-hybridized carbons (Fsp3) is 0.190. The van der Waals surface area contributed by atoms with Crippen molar-refractivity contribution in [3.8, 4) is 5.75 Å². The van der Waals surface area contributed by atoms with Gasteiger partial charge in [0.15, 0.2) is 17.2 Å². The van der Waals surface area contributed by atoms with E-state index >= 15 is 0 Å². The largest absolute Gasteiger partial charge is 0.531 e. The van der Waals surface area contributed by atoms with E-state index in [0.717, 1.165) is 12.1 Å². The third kappa shape index (κ3) is 3.50. The van der Waals surface area contributed by atoms with Gasteiger partial charge in [0.2, 0.25) is 0 Å². The van der Waals surface area contributed by atoms with Crippen LogP contribution in [0.2, 0.25) is 0 Å². The number of phenolic OH excluding ortho intramolecular Hbond substituents is 1. The summed E-state index contributed by atoms with van der Waals surface area (Å²) in [5.41, 5.74) is -0.132. The Kier molecular flexibility index (Phi) is 5.84. The van der Waals surface area contributed by atoms with Crippen molar-refractivity contribution in [3.05, 3.63) is 60.1 Å². The Morgan fingerprint density at radius 1 is 1.10 bits per heavy atom. The molecule has 156 valence electrons. The maximum Gasteiger partial charge on any atom is 0.531 e. The van der Waals surface area contributed by atoms with Gasteiger partial charge in [0.1, 0.15) is 29.0 Å². The predicted octanol–water partition coefficient (Wildman–Crippen LogP) is 4.61. The summed E-state index contributed by atoms with van der Waals surface area (Å²) in [4.78, 5) is 37.6. The number of anilines is 1. The third-order valence-electron chi connectivity index (χ3n) is 4.50. The zero-order valence-electron chi connectivity index (χ0n) is 16.3. The van der Waals surface area contributed by atoms with E-state index in [2.05, 4.69) is 5.32 Å². The van der Waals surface area contributed by atoms with Crippen LogP contribution in [0.3, 0.4) is 0 Å². The van der Waals surface area contributed by atoms with E-state index in [4.69, 9.17) is 9.47 Å². The minimum Gasteiger partial charge on any atom is -0.508 e. The van der Waals surface area contributed by atoms with Crippen LogP contribution >= 0.6 is 0 Å². The summed E-state index contributed by atoms with van der Waals surface area (Å²) in [6.45, 7) is 3.34. The van der Waals surface area contributed by atoms with E-state index in [9.17, 15) is 23.9 Å². The number of carbonyl (C=O) groups is 3. The van der Waals surface area contributed by atoms with Gasteiger partial charge in [-0.25, -0.2) is 9.18 Å². The molecule has 30 heavy (non-hydrogen) atoms. The number of halogens is 1. The maximum atomic E-state index is 14.6. The molecule has 0 radical (unpaired) electrons. The monoisotopic (exact) mass is 415 g/mol. The minimum absolute atomic E-state index is 0.0125. The molecule has 1 unspecified atom stereocenters. The van der Waals surface area contributed by atoms with Crippen molar-refractivity contribution in [1.82, 2.24) is 4.48 Å². The summed E-state index contributed by atoms with van der Waals surface area (Å²) in [6.07, 6.45) is 0.683. The molecular weight excluding hydrogens is 395 g/mol. The summed E-state index contributed by atoms with van der Waals surface area (Å²) < 4.78 is 23.9. The lowest BCUT2D eigenvalue weighted by molar-refractivity contribution is 0.103. The molecule has 2 N–H and O–H groups in total. The molecule has 1 heterocycles. The zero-order valence-corrected chi connectivity index (χ0v) is 16.3. The Morgan fingerprint density at radius 3 is 2.53 bits per heavy atom. The fourth-order valence-electron chi connectivity index (χ4n) is 3.30. The van der Waals surface area contributed by atoms with Crippen molar-refractivity contribution in [3.63, 3.8) is 0 Å². The number of nitrogens with zero attached hydrogens (tertiary/aromatic N) is 1. The third-order valence-corrected chi connectivity index (χ3v) is 4.50. The molecule has 9 heteroatoms. The first-order valence-electron chi connectivity index (χ1n) is 9.21. The van der Waals surface area contributed by atoms with Crippen LogP contribution in [0.4, 0.5) is 31.0 Å². The van der Waals surface area contributed by atoms with Crippen LogP contribution in [0.5, 0.6) is 5.75 Å². The van der Waals surface area contributed by atoms with Gasteiger partial charge in [-0.1, -0.05) is 6.07 Å². The van der Waals surface area contributed by atoms with Gasteiger partial charge in [0, 0.05) is 24.3 Å². The average molecular weight is 415 g/mol. The van der Waals surface area contributed by atoms with E-state index in [0.29, 0.717) is 0 Å². The Balaban J connectivity index is 2.32. The Bertz CT molecular complexity index is 1050. The standard InChI is InChI=1S/C21H19FN2O6/c1-3-29-20(27)23-15-12-13(25)8-9-16(15)24(21(28)30-4-2)11-10-18(26)19-14(22)6-5-7-17(19)24/h5-12H,3-4H2,1-2H3,(H-,23,25,27)/p+1. The number of nitrogens with one attached hydrogen (secondary N) is 1. The molecule has 0 fully saturated rings. The van der Waals surface area contributed by atoms with Crippen molar-refractivity contribution in [1.29, 1.82) is 0 Å². The van der Waals surface area contributed by atoms with Gasteiger partial charge in [-0.3, -0.25) is 10.1 Å². The Labute approximate surface area is 171 Å². The van der Waals surface area contributed by atoms with Crippen molar-refractivity contribution in [2.45, 2.75) is 13.8 Å². The van der Waals surface area contributed by atoms with Gasteiger partial charge >= 0.3 is 12.2 Å². The number of aromatic hydroxyl groups is 1. The molecule has 8 nitrogen and oxygen atoms in total. The average Bonchev–Trinajstić information content (AvgIpc) is 2.69. The van der Waals surface area contributed by atoms with Crippen molar-refractivity contribution in [2.75, 3.05) is 18.5 Å². The van der Waals surface area contributed by atoms with Gasteiger partial charge in [-0.2, -0.15) is 4.79 Å². The molecule has 2 aromatic carbocycles. The highest BCUT2D eigenvalue weighted by atomic mass is 19.1. The summed E-state index contributed by atoms with van der Waals surface area (Å²) in [7, 11) is 0. The van der Waals surface area contributed by atoms with Crippen LogP contribution in [0.25, 0.3) is 0 Å². The van der Waals surface area contributed by atoms with Crippen molar-refractivity contribution in [2.24, 2.45) is 0 Å². The first kappa shape index (κ1) is 21.0. The maximum absolute atomic E-state index is 14.6. The first-order chi connectivity index (χ1) is 14.3. The van der Waals surface area contributed by atoms with Crippen LogP contribution < -0.4 is 9.80 Å². The van der Waals surface area contributed by atoms with Gasteiger partial charge in [0.25, 0.3) is 0 Å². The SMILES string of the molecule is CCOC(=O)Nc1cc(O)ccc1[N+]1(C(=O)OCC)C=CC(=O)c2c(F)cccc21. The van der Waals surface area contributed by atoms with E-state index in [1.165, 1.54) is 36.5 Å². The summed E-state index contributed by atoms with van der Waals surface area (Å²) in [5.74, 6) is -1.60. The lowest BCUT2D eigenvalue weighted by Gasteiger charge is -2.33. The number of quaternary nitrogens is 1. The molecule has 1 aliphatic rings. The number of fused-ring (bicyclic) bond motifs is 1. The van der Waals surface area contributed by atoms with Crippen LogP contribution in [0, 0.1) is 5.82 Å². The smallest absolute Gasteiger partial charge is 0.508 e. The second-order valence-electron chi connectivity index (χ2n) is 6.28. The Morgan fingerprint density at radius 2 is 1.83 bits per heavy atom. The number of hydrogen-bond donors (Lipinski definition) is 2. The first-order valence-corrected chi connectivity index (χ1v) is 9.21. The highest BCUT2D eigenvalue weighted by molar-refractivity contribution is 6.14. The molecule has 0 saturated carbocycles. The number of ketones is 1. The lowest BCUT2D eigenvalue weighted by atomic mass is 10.00. The second-order valence-corrected chi connectivity index (χ2v) is 6.28. The zero-order chi connectivity index (χ0) is 21.9. The number of rotatable bonds is 4. The molecule has 1 aliphatic heterocycles. The minimum atomic E-state index is -0.839. The number of phenols is 1. The Hall–Kier alpha value is -3.72. The summed E-state index contributed by atoms with van der Waals surface area (Å²) in [5, 5.41) is 12.4. The molecule has 0 aromatic heterocycles. The van der Waals surface area contributed by atoms with Gasteiger partial charge in [-0.15, -0.1) is 4.48 Å². The van der Waals surface area contributed by atoms with E-state index in [-0.39, 0.29) is 41.6 Å². The topological polar surface area (TPSA) is 102 Å². The van der Waals surface area contributed by atoms with Crippen molar-refractivity contribution < 1.29 is 33.4 Å².